The maximum atomic E-state index is 13.3. The van der Waals surface area contributed by atoms with Gasteiger partial charge in [-0.2, -0.15) is 0 Å². The van der Waals surface area contributed by atoms with Crippen LogP contribution in [0.25, 0.3) is 0 Å². The van der Waals surface area contributed by atoms with E-state index in [1.807, 2.05) is 68.4 Å². The van der Waals surface area contributed by atoms with Gasteiger partial charge in [0.15, 0.2) is 0 Å². The first-order valence-corrected chi connectivity index (χ1v) is 9.62. The highest BCUT2D eigenvalue weighted by Crippen LogP contribution is 2.30. The summed E-state index contributed by atoms with van der Waals surface area (Å²) in [5.74, 6) is 0. The van der Waals surface area contributed by atoms with Crippen molar-refractivity contribution in [3.05, 3.63) is 95.6 Å². The average Bonchev–Trinajstić information content (AvgIpc) is 2.64. The molecule has 0 aliphatic carbocycles. The molecule has 0 atom stereocenters. The summed E-state index contributed by atoms with van der Waals surface area (Å²) in [5.41, 5.74) is 3.70. The van der Waals surface area contributed by atoms with Crippen molar-refractivity contribution < 1.29 is 8.42 Å². The zero-order valence-electron chi connectivity index (χ0n) is 14.4. The van der Waals surface area contributed by atoms with Crippen LogP contribution in [0.3, 0.4) is 0 Å². The summed E-state index contributed by atoms with van der Waals surface area (Å²) in [4.78, 5) is 0.298. The molecule has 0 bridgehead atoms. The fourth-order valence-corrected chi connectivity index (χ4v) is 4.31. The number of benzene rings is 3. The van der Waals surface area contributed by atoms with E-state index in [9.17, 15) is 8.42 Å². The minimum Gasteiger partial charge on any atom is -0.262 e. The first kappa shape index (κ1) is 17.2. The Morgan fingerprint density at radius 2 is 1.36 bits per heavy atom. The first-order chi connectivity index (χ1) is 12.0. The molecule has 4 heteroatoms. The van der Waals surface area contributed by atoms with Gasteiger partial charge in [-0.1, -0.05) is 60.7 Å². The molecule has 0 heterocycles. The second kappa shape index (κ2) is 7.11. The van der Waals surface area contributed by atoms with Gasteiger partial charge in [0.25, 0.3) is 10.0 Å². The Balaban J connectivity index is 2.14. The molecule has 25 heavy (non-hydrogen) atoms. The summed E-state index contributed by atoms with van der Waals surface area (Å²) < 4.78 is 28.2. The number of anilines is 1. The molecule has 3 rings (SSSR count). The Kier molecular flexibility index (Phi) is 4.91. The van der Waals surface area contributed by atoms with E-state index in [1.165, 1.54) is 4.31 Å². The maximum Gasteiger partial charge on any atom is 0.264 e. The van der Waals surface area contributed by atoms with Crippen LogP contribution in [0.5, 0.6) is 0 Å². The number of hydrogen-bond donors (Lipinski definition) is 0. The van der Waals surface area contributed by atoms with Crippen molar-refractivity contribution >= 4 is 15.7 Å². The molecule has 0 radical (unpaired) electrons. The Labute approximate surface area is 149 Å². The third kappa shape index (κ3) is 3.59. The molecular formula is C21H21NO2S. The van der Waals surface area contributed by atoms with Gasteiger partial charge in [0, 0.05) is 0 Å². The summed E-state index contributed by atoms with van der Waals surface area (Å²) in [7, 11) is -3.66. The van der Waals surface area contributed by atoms with Crippen LogP contribution < -0.4 is 4.31 Å². The van der Waals surface area contributed by atoms with Gasteiger partial charge in [0.1, 0.15) is 0 Å². The Morgan fingerprint density at radius 3 is 2.00 bits per heavy atom. The molecule has 0 aliphatic heterocycles. The van der Waals surface area contributed by atoms with Crippen molar-refractivity contribution in [3.63, 3.8) is 0 Å². The lowest BCUT2D eigenvalue weighted by atomic mass is 10.1. The minimum atomic E-state index is -3.66. The predicted octanol–water partition coefficient (Wildman–Crippen LogP) is 4.70. The normalized spacial score (nSPS) is 11.3. The Hall–Kier alpha value is -2.59. The smallest absolute Gasteiger partial charge is 0.262 e. The maximum absolute atomic E-state index is 13.3. The van der Waals surface area contributed by atoms with Crippen LogP contribution in [-0.2, 0) is 16.6 Å². The average molecular weight is 351 g/mol. The lowest BCUT2D eigenvalue weighted by molar-refractivity contribution is 0.590. The van der Waals surface area contributed by atoms with Gasteiger partial charge in [0.2, 0.25) is 0 Å². The van der Waals surface area contributed by atoms with E-state index in [2.05, 4.69) is 0 Å². The van der Waals surface area contributed by atoms with E-state index >= 15 is 0 Å². The van der Waals surface area contributed by atoms with E-state index in [-0.39, 0.29) is 0 Å². The molecule has 128 valence electrons. The van der Waals surface area contributed by atoms with Gasteiger partial charge in [-0.3, -0.25) is 4.31 Å². The quantitative estimate of drug-likeness (QED) is 0.668. The summed E-state index contributed by atoms with van der Waals surface area (Å²) in [6.07, 6.45) is 0. The van der Waals surface area contributed by atoms with Gasteiger partial charge in [-0.15, -0.1) is 0 Å². The fourth-order valence-electron chi connectivity index (χ4n) is 2.77. The van der Waals surface area contributed by atoms with Crippen LogP contribution in [0.1, 0.15) is 16.7 Å². The van der Waals surface area contributed by atoms with Gasteiger partial charge < -0.3 is 0 Å². The van der Waals surface area contributed by atoms with Crippen molar-refractivity contribution in [1.29, 1.82) is 0 Å². The molecule has 0 unspecified atom stereocenters. The van der Waals surface area contributed by atoms with Crippen LogP contribution >= 0.6 is 0 Å². The lowest BCUT2D eigenvalue weighted by Crippen LogP contribution is -2.31. The van der Waals surface area contributed by atoms with E-state index in [1.54, 1.807) is 24.3 Å². The molecule has 3 nitrogen and oxygen atoms in total. The molecule has 0 aromatic heterocycles. The number of aryl methyl sites for hydroxylation is 1. The topological polar surface area (TPSA) is 37.4 Å². The summed E-state index contributed by atoms with van der Waals surface area (Å²) in [5, 5.41) is 0. The van der Waals surface area contributed by atoms with Crippen LogP contribution in [-0.4, -0.2) is 8.42 Å². The zero-order valence-corrected chi connectivity index (χ0v) is 15.2. The number of rotatable bonds is 5. The zero-order chi connectivity index (χ0) is 17.9. The Bertz CT molecular complexity index is 952. The van der Waals surface area contributed by atoms with Crippen molar-refractivity contribution in [1.82, 2.24) is 0 Å². The fraction of sp³-hybridized carbons (Fsp3) is 0.143. The number of hydrogen-bond acceptors (Lipinski definition) is 2. The first-order valence-electron chi connectivity index (χ1n) is 8.18. The van der Waals surface area contributed by atoms with Crippen LogP contribution in [0.2, 0.25) is 0 Å². The molecule has 3 aromatic carbocycles. The molecule has 0 aliphatic rings. The molecule has 0 fully saturated rings. The van der Waals surface area contributed by atoms with Crippen LogP contribution in [0, 0.1) is 13.8 Å². The highest BCUT2D eigenvalue weighted by molar-refractivity contribution is 7.92. The number of nitrogens with zero attached hydrogens (tertiary/aromatic N) is 1. The standard InChI is InChI=1S/C21H21NO2S/c1-17-10-9-15-21(18(17)2)22(16-19-11-5-3-6-12-19)25(23,24)20-13-7-4-8-14-20/h3-15H,16H2,1-2H3. The van der Waals surface area contributed by atoms with Crippen LogP contribution in [0.15, 0.2) is 83.8 Å². The molecular weight excluding hydrogens is 330 g/mol. The highest BCUT2D eigenvalue weighted by atomic mass is 32.2. The summed E-state index contributed by atoms with van der Waals surface area (Å²) >= 11 is 0. The molecule has 3 aromatic rings. The van der Waals surface area contributed by atoms with Crippen molar-refractivity contribution in [3.8, 4) is 0 Å². The summed E-state index contributed by atoms with van der Waals surface area (Å²) in [6, 6.07) is 24.0. The second-order valence-electron chi connectivity index (χ2n) is 6.03. The van der Waals surface area contributed by atoms with E-state index in [4.69, 9.17) is 0 Å². The third-order valence-corrected chi connectivity index (χ3v) is 6.12. The minimum absolute atomic E-state index is 0.294. The van der Waals surface area contributed by atoms with E-state index < -0.39 is 10.0 Å². The molecule has 0 saturated heterocycles. The van der Waals surface area contributed by atoms with Gasteiger partial charge >= 0.3 is 0 Å². The Morgan fingerprint density at radius 1 is 0.760 bits per heavy atom. The van der Waals surface area contributed by atoms with Gasteiger partial charge in [0.05, 0.1) is 17.1 Å². The molecule has 0 amide bonds. The van der Waals surface area contributed by atoms with Crippen molar-refractivity contribution in [2.75, 3.05) is 4.31 Å². The molecule has 0 spiro atoms. The highest BCUT2D eigenvalue weighted by Gasteiger charge is 2.26. The van der Waals surface area contributed by atoms with Crippen LogP contribution in [0.4, 0.5) is 5.69 Å². The monoisotopic (exact) mass is 351 g/mol. The molecule has 0 N–H and O–H groups in total. The largest absolute Gasteiger partial charge is 0.264 e. The summed E-state index contributed by atoms with van der Waals surface area (Å²) in [6.45, 7) is 4.25. The lowest BCUT2D eigenvalue weighted by Gasteiger charge is -2.27. The SMILES string of the molecule is Cc1cccc(N(Cc2ccccc2)S(=O)(=O)c2ccccc2)c1C. The molecule has 0 saturated carbocycles. The van der Waals surface area contributed by atoms with E-state index in [0.717, 1.165) is 16.7 Å². The predicted molar refractivity (Wildman–Crippen MR) is 102 cm³/mol. The third-order valence-electron chi connectivity index (χ3n) is 4.34. The second-order valence-corrected chi connectivity index (χ2v) is 7.89. The van der Waals surface area contributed by atoms with Crippen molar-refractivity contribution in [2.45, 2.75) is 25.3 Å². The van der Waals surface area contributed by atoms with Gasteiger partial charge in [-0.25, -0.2) is 8.42 Å². The van der Waals surface area contributed by atoms with E-state index in [0.29, 0.717) is 17.1 Å². The van der Waals surface area contributed by atoms with Gasteiger partial charge in [-0.05, 0) is 48.7 Å². The number of sulfonamides is 1. The van der Waals surface area contributed by atoms with Crippen molar-refractivity contribution in [2.24, 2.45) is 0 Å².